The molecule has 0 saturated carbocycles. The molecular formula is C8H9N3O3. The molecule has 0 bridgehead atoms. The first-order valence-corrected chi connectivity index (χ1v) is 3.86. The second-order valence-electron chi connectivity index (χ2n) is 2.80. The van der Waals surface area contributed by atoms with Gasteiger partial charge in [-0.2, -0.15) is 0 Å². The molecule has 0 atom stereocenters. The van der Waals surface area contributed by atoms with Crippen molar-refractivity contribution in [3.05, 3.63) is 27.7 Å². The van der Waals surface area contributed by atoms with Gasteiger partial charge in [-0.25, -0.2) is 9.55 Å². The first-order chi connectivity index (χ1) is 6.56. The van der Waals surface area contributed by atoms with Crippen LogP contribution in [0.15, 0.2) is 11.8 Å². The molecule has 0 aliphatic rings. The average Bonchev–Trinajstić information content (AvgIpc) is 2.48. The summed E-state index contributed by atoms with van der Waals surface area (Å²) in [5.41, 5.74) is 0.466. The number of imidazole rings is 1. The Morgan fingerprint density at radius 1 is 1.71 bits per heavy atom. The highest BCUT2D eigenvalue weighted by Gasteiger charge is 2.14. The lowest BCUT2D eigenvalue weighted by Gasteiger charge is -1.94. The minimum absolute atomic E-state index is 0.102. The van der Waals surface area contributed by atoms with Gasteiger partial charge < -0.3 is 10.1 Å². The predicted molar refractivity (Wildman–Crippen MR) is 49.6 cm³/mol. The van der Waals surface area contributed by atoms with Crippen LogP contribution >= 0.6 is 0 Å². The fourth-order valence-electron chi connectivity index (χ4n) is 0.956. The molecule has 0 unspecified atom stereocenters. The summed E-state index contributed by atoms with van der Waals surface area (Å²) in [7, 11) is 1.52. The molecule has 0 N–H and O–H groups in total. The third-order valence-corrected chi connectivity index (χ3v) is 1.73. The van der Waals surface area contributed by atoms with Crippen molar-refractivity contribution in [2.24, 2.45) is 7.05 Å². The van der Waals surface area contributed by atoms with Crippen LogP contribution in [0.25, 0.3) is 6.08 Å². The first-order valence-electron chi connectivity index (χ1n) is 3.86. The third kappa shape index (κ3) is 1.85. The molecule has 74 valence electrons. The van der Waals surface area contributed by atoms with E-state index in [4.69, 9.17) is 0 Å². The van der Waals surface area contributed by atoms with Crippen molar-refractivity contribution in [1.82, 2.24) is 9.55 Å². The van der Waals surface area contributed by atoms with Crippen LogP contribution in [0.2, 0.25) is 0 Å². The van der Waals surface area contributed by atoms with E-state index in [-0.39, 0.29) is 5.82 Å². The van der Waals surface area contributed by atoms with Crippen LogP contribution in [0.3, 0.4) is 0 Å². The number of allylic oxidation sites excluding steroid dienone is 1. The van der Waals surface area contributed by atoms with Crippen LogP contribution in [0.5, 0.6) is 0 Å². The van der Waals surface area contributed by atoms with Crippen LogP contribution in [0.4, 0.5) is 5.82 Å². The SMILES string of the molecule is C/C(C=O)=C\c1ncc([N+](=O)[O-])n1C. The van der Waals surface area contributed by atoms with E-state index in [0.717, 1.165) is 6.20 Å². The first kappa shape index (κ1) is 10.1. The number of hydrogen-bond acceptors (Lipinski definition) is 4. The Morgan fingerprint density at radius 2 is 2.36 bits per heavy atom. The lowest BCUT2D eigenvalue weighted by molar-refractivity contribution is -0.391. The van der Waals surface area contributed by atoms with E-state index in [2.05, 4.69) is 4.98 Å². The Labute approximate surface area is 80.0 Å². The molecule has 6 nitrogen and oxygen atoms in total. The molecule has 0 aliphatic heterocycles. The van der Waals surface area contributed by atoms with E-state index in [1.54, 1.807) is 6.92 Å². The molecule has 0 aromatic carbocycles. The van der Waals surface area contributed by atoms with Crippen LogP contribution in [-0.2, 0) is 11.8 Å². The molecule has 1 rings (SSSR count). The van der Waals surface area contributed by atoms with Crippen LogP contribution < -0.4 is 0 Å². The van der Waals surface area contributed by atoms with E-state index >= 15 is 0 Å². The van der Waals surface area contributed by atoms with Gasteiger partial charge >= 0.3 is 5.82 Å². The van der Waals surface area contributed by atoms with Crippen molar-refractivity contribution in [3.63, 3.8) is 0 Å². The monoisotopic (exact) mass is 195 g/mol. The number of aromatic nitrogens is 2. The van der Waals surface area contributed by atoms with Crippen molar-refractivity contribution >= 4 is 18.2 Å². The average molecular weight is 195 g/mol. The topological polar surface area (TPSA) is 78.0 Å². The summed E-state index contributed by atoms with van der Waals surface area (Å²) in [4.78, 5) is 24.1. The maximum Gasteiger partial charge on any atom is 0.342 e. The van der Waals surface area contributed by atoms with Crippen LogP contribution in [0.1, 0.15) is 12.7 Å². The van der Waals surface area contributed by atoms with Gasteiger partial charge in [0.15, 0.2) is 0 Å². The summed E-state index contributed by atoms with van der Waals surface area (Å²) in [5, 5.41) is 10.4. The Morgan fingerprint density at radius 3 is 2.79 bits per heavy atom. The van der Waals surface area contributed by atoms with Crippen molar-refractivity contribution in [1.29, 1.82) is 0 Å². The maximum absolute atomic E-state index is 10.4. The molecule has 6 heteroatoms. The second-order valence-corrected chi connectivity index (χ2v) is 2.80. The maximum atomic E-state index is 10.4. The molecule has 0 spiro atoms. The predicted octanol–water partition coefficient (Wildman–Crippen LogP) is 0.930. The van der Waals surface area contributed by atoms with E-state index < -0.39 is 4.92 Å². The molecule has 0 amide bonds. The van der Waals surface area contributed by atoms with Crippen molar-refractivity contribution in [2.75, 3.05) is 0 Å². The quantitative estimate of drug-likeness (QED) is 0.311. The number of nitrogens with zero attached hydrogens (tertiary/aromatic N) is 3. The summed E-state index contributed by atoms with van der Waals surface area (Å²) in [6.45, 7) is 1.60. The molecule has 1 aromatic rings. The number of carbonyl (C=O) groups is 1. The van der Waals surface area contributed by atoms with E-state index in [9.17, 15) is 14.9 Å². The molecule has 0 aliphatic carbocycles. The Bertz CT molecular complexity index is 406. The highest BCUT2D eigenvalue weighted by molar-refractivity contribution is 5.79. The van der Waals surface area contributed by atoms with Gasteiger partial charge in [0.1, 0.15) is 12.5 Å². The number of carbonyl (C=O) groups excluding carboxylic acids is 1. The van der Waals surface area contributed by atoms with Gasteiger partial charge in [0, 0.05) is 6.08 Å². The number of aldehydes is 1. The number of nitro groups is 1. The van der Waals surface area contributed by atoms with Crippen molar-refractivity contribution in [2.45, 2.75) is 6.92 Å². The van der Waals surface area contributed by atoms with Crippen LogP contribution in [0, 0.1) is 10.1 Å². The van der Waals surface area contributed by atoms with Gasteiger partial charge in [-0.05, 0) is 17.4 Å². The fraction of sp³-hybridized carbons (Fsp3) is 0.250. The second kappa shape index (κ2) is 3.82. The minimum atomic E-state index is -0.527. The minimum Gasteiger partial charge on any atom is -0.358 e. The Hall–Kier alpha value is -1.98. The summed E-state index contributed by atoms with van der Waals surface area (Å²) >= 11 is 0. The van der Waals surface area contributed by atoms with Gasteiger partial charge in [0.05, 0.1) is 7.05 Å². The molecular weight excluding hydrogens is 186 g/mol. The number of hydrogen-bond donors (Lipinski definition) is 0. The number of rotatable bonds is 3. The van der Waals surface area contributed by atoms with Crippen LogP contribution in [-0.4, -0.2) is 20.8 Å². The van der Waals surface area contributed by atoms with Crippen molar-refractivity contribution in [3.8, 4) is 0 Å². The highest BCUT2D eigenvalue weighted by atomic mass is 16.6. The van der Waals surface area contributed by atoms with Gasteiger partial charge in [-0.1, -0.05) is 0 Å². The Balaban J connectivity index is 3.13. The van der Waals surface area contributed by atoms with Gasteiger partial charge in [-0.3, -0.25) is 4.79 Å². The van der Waals surface area contributed by atoms with E-state index in [0.29, 0.717) is 17.7 Å². The molecule has 0 fully saturated rings. The zero-order chi connectivity index (χ0) is 10.7. The summed E-state index contributed by atoms with van der Waals surface area (Å²) in [6.07, 6.45) is 3.31. The van der Waals surface area contributed by atoms with E-state index in [1.165, 1.54) is 17.7 Å². The molecule has 1 aromatic heterocycles. The highest BCUT2D eigenvalue weighted by Crippen LogP contribution is 2.13. The Kier molecular flexibility index (Phi) is 2.76. The lowest BCUT2D eigenvalue weighted by Crippen LogP contribution is -1.98. The summed E-state index contributed by atoms with van der Waals surface area (Å²) in [5.74, 6) is 0.288. The van der Waals surface area contributed by atoms with Crippen molar-refractivity contribution < 1.29 is 9.72 Å². The van der Waals surface area contributed by atoms with Gasteiger partial charge in [0.25, 0.3) is 0 Å². The largest absolute Gasteiger partial charge is 0.358 e. The molecule has 0 radical (unpaired) electrons. The van der Waals surface area contributed by atoms with Gasteiger partial charge in [0.2, 0.25) is 5.82 Å². The zero-order valence-electron chi connectivity index (χ0n) is 7.80. The smallest absolute Gasteiger partial charge is 0.342 e. The molecule has 0 saturated heterocycles. The molecule has 1 heterocycles. The third-order valence-electron chi connectivity index (χ3n) is 1.73. The standard InChI is InChI=1S/C8H9N3O3/c1-6(5-12)3-7-9-4-8(10(7)2)11(13)14/h3-5H,1-2H3/b6-3+. The zero-order valence-corrected chi connectivity index (χ0v) is 7.80. The lowest BCUT2D eigenvalue weighted by atomic mass is 10.3. The van der Waals surface area contributed by atoms with E-state index in [1.807, 2.05) is 0 Å². The summed E-state index contributed by atoms with van der Waals surface area (Å²) < 4.78 is 1.31. The fourth-order valence-corrected chi connectivity index (χ4v) is 0.956. The molecule has 14 heavy (non-hydrogen) atoms. The van der Waals surface area contributed by atoms with Gasteiger partial charge in [-0.15, -0.1) is 0 Å². The normalized spacial score (nSPS) is 11.4. The summed E-state index contributed by atoms with van der Waals surface area (Å²) in [6, 6.07) is 0.